The quantitative estimate of drug-likeness (QED) is 0.453. The summed E-state index contributed by atoms with van der Waals surface area (Å²) in [6, 6.07) is 25.0. The summed E-state index contributed by atoms with van der Waals surface area (Å²) in [5.41, 5.74) is 9.63. The van der Waals surface area contributed by atoms with E-state index in [0.717, 1.165) is 12.8 Å². The second kappa shape index (κ2) is 9.62. The standard InChI is InChI=1S/C31H33NO/c1-22-9-5-6-10-23(22)17-20-29-26(14-13-24-11-7-8-12-28(24)29)21-32-30(33)25-15-18-27(19-16-25)31(2,3)4/h5-12,15-20H,13-14,21H2,1-4H3,(H,32,33)/b20-17+. The number of nitrogens with one attached hydrogen (secondary N) is 1. The van der Waals surface area contributed by atoms with Gasteiger partial charge in [-0.2, -0.15) is 0 Å². The smallest absolute Gasteiger partial charge is 0.251 e. The van der Waals surface area contributed by atoms with E-state index in [-0.39, 0.29) is 11.3 Å². The summed E-state index contributed by atoms with van der Waals surface area (Å²) in [6.45, 7) is 9.24. The third-order valence-corrected chi connectivity index (χ3v) is 6.48. The Morgan fingerprint density at radius 1 is 0.879 bits per heavy atom. The van der Waals surface area contributed by atoms with Gasteiger partial charge < -0.3 is 5.32 Å². The number of carbonyl (C=O) groups is 1. The Bertz CT molecular complexity index is 1210. The molecule has 0 unspecified atom stereocenters. The van der Waals surface area contributed by atoms with Crippen LogP contribution < -0.4 is 5.32 Å². The van der Waals surface area contributed by atoms with Gasteiger partial charge in [0.25, 0.3) is 5.91 Å². The lowest BCUT2D eigenvalue weighted by Crippen LogP contribution is -2.27. The van der Waals surface area contributed by atoms with Crippen LogP contribution in [0.2, 0.25) is 0 Å². The Kier molecular flexibility index (Phi) is 6.65. The number of aryl methyl sites for hydroxylation is 2. The van der Waals surface area contributed by atoms with Crippen molar-refractivity contribution in [1.82, 2.24) is 5.32 Å². The highest BCUT2D eigenvalue weighted by Crippen LogP contribution is 2.32. The third-order valence-electron chi connectivity index (χ3n) is 6.48. The minimum Gasteiger partial charge on any atom is -0.348 e. The maximum atomic E-state index is 12.9. The molecular weight excluding hydrogens is 402 g/mol. The van der Waals surface area contributed by atoms with Crippen molar-refractivity contribution in [2.45, 2.75) is 46.0 Å². The number of rotatable bonds is 5. The molecule has 3 aromatic rings. The van der Waals surface area contributed by atoms with Crippen LogP contribution in [-0.4, -0.2) is 12.5 Å². The van der Waals surface area contributed by atoms with Gasteiger partial charge in [-0.15, -0.1) is 0 Å². The zero-order valence-corrected chi connectivity index (χ0v) is 20.1. The first-order chi connectivity index (χ1) is 15.8. The van der Waals surface area contributed by atoms with E-state index in [9.17, 15) is 4.79 Å². The van der Waals surface area contributed by atoms with Crippen LogP contribution in [0.4, 0.5) is 0 Å². The molecule has 2 nitrogen and oxygen atoms in total. The van der Waals surface area contributed by atoms with Gasteiger partial charge in [0.05, 0.1) is 0 Å². The molecule has 0 atom stereocenters. The predicted octanol–water partition coefficient (Wildman–Crippen LogP) is 7.14. The van der Waals surface area contributed by atoms with Crippen LogP contribution in [0.15, 0.2) is 84.4 Å². The summed E-state index contributed by atoms with van der Waals surface area (Å²) in [7, 11) is 0. The second-order valence-electron chi connectivity index (χ2n) is 9.87. The van der Waals surface area contributed by atoms with Gasteiger partial charge in [-0.1, -0.05) is 93.6 Å². The fraction of sp³-hybridized carbons (Fsp3) is 0.258. The zero-order chi connectivity index (χ0) is 23.4. The number of allylic oxidation sites excluding steroid dienone is 2. The topological polar surface area (TPSA) is 29.1 Å². The lowest BCUT2D eigenvalue weighted by Gasteiger charge is -2.22. The maximum absolute atomic E-state index is 12.9. The first kappa shape index (κ1) is 22.8. The fourth-order valence-electron chi connectivity index (χ4n) is 4.36. The van der Waals surface area contributed by atoms with Gasteiger partial charge in [-0.05, 0) is 76.3 Å². The summed E-state index contributed by atoms with van der Waals surface area (Å²) in [4.78, 5) is 12.9. The van der Waals surface area contributed by atoms with Crippen molar-refractivity contribution >= 4 is 17.6 Å². The molecule has 168 valence electrons. The van der Waals surface area contributed by atoms with Crippen molar-refractivity contribution in [3.63, 3.8) is 0 Å². The molecule has 33 heavy (non-hydrogen) atoms. The Balaban J connectivity index is 1.58. The average Bonchev–Trinajstić information content (AvgIpc) is 2.81. The zero-order valence-electron chi connectivity index (χ0n) is 20.1. The second-order valence-corrected chi connectivity index (χ2v) is 9.87. The average molecular weight is 436 g/mol. The molecule has 0 saturated carbocycles. The van der Waals surface area contributed by atoms with Crippen molar-refractivity contribution in [1.29, 1.82) is 0 Å². The van der Waals surface area contributed by atoms with Crippen LogP contribution in [0.5, 0.6) is 0 Å². The van der Waals surface area contributed by atoms with Gasteiger partial charge in [0.2, 0.25) is 0 Å². The van der Waals surface area contributed by atoms with Crippen molar-refractivity contribution in [2.75, 3.05) is 6.54 Å². The summed E-state index contributed by atoms with van der Waals surface area (Å²) < 4.78 is 0. The first-order valence-electron chi connectivity index (χ1n) is 11.8. The van der Waals surface area contributed by atoms with Crippen molar-refractivity contribution in [2.24, 2.45) is 0 Å². The molecule has 2 heteroatoms. The number of amides is 1. The number of carbonyl (C=O) groups excluding carboxylic acids is 1. The molecule has 0 fully saturated rings. The lowest BCUT2D eigenvalue weighted by atomic mass is 9.85. The van der Waals surface area contributed by atoms with Gasteiger partial charge in [-0.3, -0.25) is 4.79 Å². The fourth-order valence-corrected chi connectivity index (χ4v) is 4.36. The molecule has 0 saturated heterocycles. The molecule has 4 rings (SSSR count). The molecule has 1 aliphatic rings. The van der Waals surface area contributed by atoms with Gasteiger partial charge in [-0.25, -0.2) is 0 Å². The summed E-state index contributed by atoms with van der Waals surface area (Å²) >= 11 is 0. The lowest BCUT2D eigenvalue weighted by molar-refractivity contribution is 0.0956. The predicted molar refractivity (Wildman–Crippen MR) is 139 cm³/mol. The summed E-state index contributed by atoms with van der Waals surface area (Å²) in [6.07, 6.45) is 6.37. The minimum absolute atomic E-state index is 0.0240. The van der Waals surface area contributed by atoms with Gasteiger partial charge in [0.1, 0.15) is 0 Å². The first-order valence-corrected chi connectivity index (χ1v) is 11.8. The molecule has 0 spiro atoms. The van der Waals surface area contributed by atoms with E-state index >= 15 is 0 Å². The van der Waals surface area contributed by atoms with Crippen LogP contribution in [0, 0.1) is 6.92 Å². The largest absolute Gasteiger partial charge is 0.348 e. The van der Waals surface area contributed by atoms with E-state index in [0.29, 0.717) is 12.1 Å². The van der Waals surface area contributed by atoms with Gasteiger partial charge >= 0.3 is 0 Å². The third kappa shape index (κ3) is 5.34. The molecule has 1 amide bonds. The molecular formula is C31H33NO. The Hall–Kier alpha value is -3.39. The highest BCUT2D eigenvalue weighted by molar-refractivity contribution is 5.94. The van der Waals surface area contributed by atoms with E-state index in [4.69, 9.17) is 0 Å². The maximum Gasteiger partial charge on any atom is 0.251 e. The number of fused-ring (bicyclic) bond motifs is 1. The Morgan fingerprint density at radius 2 is 1.58 bits per heavy atom. The monoisotopic (exact) mass is 435 g/mol. The van der Waals surface area contributed by atoms with Crippen molar-refractivity contribution < 1.29 is 4.79 Å². The van der Waals surface area contributed by atoms with E-state index in [1.807, 2.05) is 12.1 Å². The SMILES string of the molecule is Cc1ccccc1/C=C/C1=C(CNC(=O)c2ccc(C(C)(C)C)cc2)CCc2ccccc21. The van der Waals surface area contributed by atoms with Crippen molar-refractivity contribution in [3.8, 4) is 0 Å². The number of hydrogen-bond donors (Lipinski definition) is 1. The summed E-state index contributed by atoms with van der Waals surface area (Å²) in [5.74, 6) is -0.0240. The Labute approximate surface area is 198 Å². The van der Waals surface area contributed by atoms with E-state index < -0.39 is 0 Å². The molecule has 1 aliphatic carbocycles. The van der Waals surface area contributed by atoms with Crippen LogP contribution in [0.1, 0.15) is 65.4 Å². The van der Waals surface area contributed by atoms with Crippen molar-refractivity contribution in [3.05, 3.63) is 118 Å². The molecule has 0 heterocycles. The van der Waals surface area contributed by atoms with Gasteiger partial charge in [0.15, 0.2) is 0 Å². The highest BCUT2D eigenvalue weighted by atomic mass is 16.1. The van der Waals surface area contributed by atoms with Crippen LogP contribution >= 0.6 is 0 Å². The van der Waals surface area contributed by atoms with Crippen LogP contribution in [-0.2, 0) is 11.8 Å². The molecule has 3 aromatic carbocycles. The molecule has 0 radical (unpaired) electrons. The van der Waals surface area contributed by atoms with E-state index in [2.05, 4.69) is 106 Å². The van der Waals surface area contributed by atoms with Gasteiger partial charge in [0, 0.05) is 12.1 Å². The van der Waals surface area contributed by atoms with Crippen LogP contribution in [0.3, 0.4) is 0 Å². The Morgan fingerprint density at radius 3 is 2.30 bits per heavy atom. The van der Waals surface area contributed by atoms with E-state index in [1.54, 1.807) is 0 Å². The number of hydrogen-bond acceptors (Lipinski definition) is 1. The molecule has 1 N–H and O–H groups in total. The summed E-state index contributed by atoms with van der Waals surface area (Å²) in [5, 5.41) is 3.17. The number of benzene rings is 3. The molecule has 0 bridgehead atoms. The molecule has 0 aromatic heterocycles. The van der Waals surface area contributed by atoms with Crippen LogP contribution in [0.25, 0.3) is 11.6 Å². The van der Waals surface area contributed by atoms with E-state index in [1.165, 1.54) is 39.0 Å². The highest BCUT2D eigenvalue weighted by Gasteiger charge is 2.18. The molecule has 0 aliphatic heterocycles. The minimum atomic E-state index is -0.0240. The normalized spacial score (nSPS) is 13.8.